The van der Waals surface area contributed by atoms with Crippen LogP contribution in [0.25, 0.3) is 10.9 Å². The number of nitrogens with zero attached hydrogens (tertiary/aromatic N) is 1. The van der Waals surface area contributed by atoms with E-state index in [1.807, 2.05) is 30.3 Å². The van der Waals surface area contributed by atoms with Crippen LogP contribution in [0, 0.1) is 5.92 Å². The molecule has 1 aromatic carbocycles. The number of fused-ring (bicyclic) bond motifs is 1. The predicted octanol–water partition coefficient (Wildman–Crippen LogP) is 3.25. The first-order chi connectivity index (χ1) is 8.84. The summed E-state index contributed by atoms with van der Waals surface area (Å²) in [5.41, 5.74) is 1.72. The Morgan fingerprint density at radius 2 is 2.06 bits per heavy atom. The van der Waals surface area contributed by atoms with Gasteiger partial charge in [-0.3, -0.25) is 4.98 Å². The summed E-state index contributed by atoms with van der Waals surface area (Å²) < 4.78 is 14.5. The molecule has 0 radical (unpaired) electrons. The lowest BCUT2D eigenvalue weighted by molar-refractivity contribution is 0.190. The Labute approximate surface area is 106 Å². The number of aromatic nitrogens is 1. The predicted molar refractivity (Wildman–Crippen MR) is 71.2 cm³/mol. The summed E-state index contributed by atoms with van der Waals surface area (Å²) in [5.74, 6) is 0.153. The fourth-order valence-electron chi connectivity index (χ4n) is 2.67. The SMILES string of the molecule is FC(c1ccc2ncccc2c1)C1CCNCC1. The molecule has 3 heteroatoms. The van der Waals surface area contributed by atoms with Gasteiger partial charge in [0, 0.05) is 11.6 Å². The van der Waals surface area contributed by atoms with Gasteiger partial charge in [0.05, 0.1) is 5.52 Å². The summed E-state index contributed by atoms with van der Waals surface area (Å²) in [4.78, 5) is 4.26. The van der Waals surface area contributed by atoms with E-state index >= 15 is 0 Å². The minimum absolute atomic E-state index is 0.153. The van der Waals surface area contributed by atoms with Crippen molar-refractivity contribution in [2.24, 2.45) is 5.92 Å². The number of hydrogen-bond donors (Lipinski definition) is 1. The fraction of sp³-hybridized carbons (Fsp3) is 0.400. The summed E-state index contributed by atoms with van der Waals surface area (Å²) in [5, 5.41) is 4.29. The minimum atomic E-state index is -0.850. The van der Waals surface area contributed by atoms with Crippen LogP contribution in [0.4, 0.5) is 4.39 Å². The first-order valence-corrected chi connectivity index (χ1v) is 6.54. The molecule has 1 N–H and O–H groups in total. The number of halogens is 1. The Bertz CT molecular complexity index is 535. The molecule has 0 amide bonds. The third kappa shape index (κ3) is 2.23. The van der Waals surface area contributed by atoms with Crippen LogP contribution in [-0.2, 0) is 0 Å². The number of rotatable bonds is 2. The van der Waals surface area contributed by atoms with E-state index in [4.69, 9.17) is 0 Å². The molecule has 0 aliphatic carbocycles. The lowest BCUT2D eigenvalue weighted by Crippen LogP contribution is -2.29. The zero-order valence-corrected chi connectivity index (χ0v) is 10.3. The van der Waals surface area contributed by atoms with Gasteiger partial charge >= 0.3 is 0 Å². The second kappa shape index (κ2) is 5.02. The quantitative estimate of drug-likeness (QED) is 0.877. The van der Waals surface area contributed by atoms with E-state index in [0.717, 1.165) is 42.4 Å². The fourth-order valence-corrected chi connectivity index (χ4v) is 2.67. The largest absolute Gasteiger partial charge is 0.317 e. The number of piperidine rings is 1. The van der Waals surface area contributed by atoms with Crippen molar-refractivity contribution in [3.8, 4) is 0 Å². The molecule has 1 atom stereocenters. The zero-order chi connectivity index (χ0) is 12.4. The van der Waals surface area contributed by atoms with Gasteiger partial charge in [0.2, 0.25) is 0 Å². The van der Waals surface area contributed by atoms with Gasteiger partial charge in [-0.1, -0.05) is 12.1 Å². The highest BCUT2D eigenvalue weighted by Crippen LogP contribution is 2.33. The summed E-state index contributed by atoms with van der Waals surface area (Å²) in [6, 6.07) is 9.61. The Morgan fingerprint density at radius 3 is 2.89 bits per heavy atom. The van der Waals surface area contributed by atoms with Crippen molar-refractivity contribution >= 4 is 10.9 Å². The van der Waals surface area contributed by atoms with E-state index in [-0.39, 0.29) is 5.92 Å². The molecule has 0 saturated carbocycles. The van der Waals surface area contributed by atoms with E-state index in [9.17, 15) is 4.39 Å². The van der Waals surface area contributed by atoms with Gasteiger partial charge in [-0.25, -0.2) is 4.39 Å². The standard InChI is InChI=1S/C15H17FN2/c16-15(11-5-8-17-9-6-11)13-3-4-14-12(10-13)2-1-7-18-14/h1-4,7,10-11,15,17H,5-6,8-9H2. The normalized spacial score (nSPS) is 18.9. The molecule has 0 bridgehead atoms. The molecule has 0 spiro atoms. The van der Waals surface area contributed by atoms with Gasteiger partial charge in [-0.2, -0.15) is 0 Å². The van der Waals surface area contributed by atoms with Gasteiger partial charge < -0.3 is 5.32 Å². The first-order valence-electron chi connectivity index (χ1n) is 6.54. The first kappa shape index (κ1) is 11.6. The number of nitrogens with one attached hydrogen (secondary N) is 1. The highest BCUT2D eigenvalue weighted by Gasteiger charge is 2.24. The van der Waals surface area contributed by atoms with Crippen LogP contribution in [-0.4, -0.2) is 18.1 Å². The maximum atomic E-state index is 14.5. The number of alkyl halides is 1. The molecule has 1 saturated heterocycles. The molecule has 1 fully saturated rings. The summed E-state index contributed by atoms with van der Waals surface area (Å²) in [7, 11) is 0. The van der Waals surface area contributed by atoms with Gasteiger partial charge in [-0.05, 0) is 55.6 Å². The van der Waals surface area contributed by atoms with Crippen LogP contribution >= 0.6 is 0 Å². The molecule has 1 aliphatic heterocycles. The second-order valence-corrected chi connectivity index (χ2v) is 4.94. The highest BCUT2D eigenvalue weighted by molar-refractivity contribution is 5.79. The maximum absolute atomic E-state index is 14.5. The third-order valence-electron chi connectivity index (χ3n) is 3.74. The molecule has 2 aromatic rings. The topological polar surface area (TPSA) is 24.9 Å². The van der Waals surface area contributed by atoms with Crippen molar-refractivity contribution in [2.75, 3.05) is 13.1 Å². The lowest BCUT2D eigenvalue weighted by atomic mass is 9.89. The molecule has 2 nitrogen and oxygen atoms in total. The zero-order valence-electron chi connectivity index (χ0n) is 10.3. The summed E-state index contributed by atoms with van der Waals surface area (Å²) in [6.45, 7) is 1.86. The average Bonchev–Trinajstić information content (AvgIpc) is 2.47. The van der Waals surface area contributed by atoms with E-state index in [0.29, 0.717) is 0 Å². The average molecular weight is 244 g/mol. The van der Waals surface area contributed by atoms with Crippen molar-refractivity contribution in [3.63, 3.8) is 0 Å². The minimum Gasteiger partial charge on any atom is -0.317 e. The van der Waals surface area contributed by atoms with Gasteiger partial charge in [0.1, 0.15) is 6.17 Å². The van der Waals surface area contributed by atoms with Crippen molar-refractivity contribution in [1.29, 1.82) is 0 Å². The molecule has 1 aromatic heterocycles. The number of pyridine rings is 1. The Hall–Kier alpha value is -1.48. The number of hydrogen-bond acceptors (Lipinski definition) is 2. The van der Waals surface area contributed by atoms with Gasteiger partial charge in [0.25, 0.3) is 0 Å². The van der Waals surface area contributed by atoms with Crippen molar-refractivity contribution in [3.05, 3.63) is 42.1 Å². The van der Waals surface area contributed by atoms with E-state index in [1.165, 1.54) is 0 Å². The van der Waals surface area contributed by atoms with Crippen LogP contribution in [0.5, 0.6) is 0 Å². The Morgan fingerprint density at radius 1 is 1.22 bits per heavy atom. The van der Waals surface area contributed by atoms with Crippen molar-refractivity contribution < 1.29 is 4.39 Å². The third-order valence-corrected chi connectivity index (χ3v) is 3.74. The molecule has 2 heterocycles. The molecule has 94 valence electrons. The molecule has 3 rings (SSSR count). The molecular weight excluding hydrogens is 227 g/mol. The van der Waals surface area contributed by atoms with Crippen LogP contribution in [0.2, 0.25) is 0 Å². The molecule has 1 unspecified atom stereocenters. The van der Waals surface area contributed by atoms with Crippen LogP contribution < -0.4 is 5.32 Å². The Kier molecular flexibility index (Phi) is 3.24. The summed E-state index contributed by atoms with van der Waals surface area (Å²) in [6.07, 6.45) is 2.76. The Balaban J connectivity index is 1.88. The van der Waals surface area contributed by atoms with Crippen molar-refractivity contribution in [2.45, 2.75) is 19.0 Å². The van der Waals surface area contributed by atoms with E-state index in [1.54, 1.807) is 6.20 Å². The highest BCUT2D eigenvalue weighted by atomic mass is 19.1. The molecule has 18 heavy (non-hydrogen) atoms. The van der Waals surface area contributed by atoms with Crippen LogP contribution in [0.1, 0.15) is 24.6 Å². The lowest BCUT2D eigenvalue weighted by Gasteiger charge is -2.26. The number of benzene rings is 1. The molecular formula is C15H17FN2. The monoisotopic (exact) mass is 244 g/mol. The molecule has 1 aliphatic rings. The van der Waals surface area contributed by atoms with Gasteiger partial charge in [-0.15, -0.1) is 0 Å². The second-order valence-electron chi connectivity index (χ2n) is 4.94. The van der Waals surface area contributed by atoms with Crippen LogP contribution in [0.15, 0.2) is 36.5 Å². The van der Waals surface area contributed by atoms with Crippen LogP contribution in [0.3, 0.4) is 0 Å². The smallest absolute Gasteiger partial charge is 0.128 e. The van der Waals surface area contributed by atoms with E-state index in [2.05, 4.69) is 10.3 Å². The van der Waals surface area contributed by atoms with Crippen molar-refractivity contribution in [1.82, 2.24) is 10.3 Å². The maximum Gasteiger partial charge on any atom is 0.128 e. The van der Waals surface area contributed by atoms with E-state index < -0.39 is 6.17 Å². The summed E-state index contributed by atoms with van der Waals surface area (Å²) >= 11 is 0. The van der Waals surface area contributed by atoms with Gasteiger partial charge in [0.15, 0.2) is 0 Å².